The summed E-state index contributed by atoms with van der Waals surface area (Å²) in [5.74, 6) is 1.26. The van der Waals surface area contributed by atoms with Crippen molar-refractivity contribution in [1.82, 2.24) is 9.97 Å². The van der Waals surface area contributed by atoms with Crippen LogP contribution >= 0.6 is 24.0 Å². The minimum Gasteiger partial charge on any atom is -0.337 e. The fourth-order valence-corrected chi connectivity index (χ4v) is 3.42. The van der Waals surface area contributed by atoms with Crippen LogP contribution in [0.3, 0.4) is 0 Å². The number of benzene rings is 1. The second-order valence-electron chi connectivity index (χ2n) is 4.34. The molecule has 2 heterocycles. The number of aromatic amines is 2. The number of imidazole rings is 1. The normalized spacial score (nSPS) is 14.6. The Morgan fingerprint density at radius 3 is 3.12 bits per heavy atom. The van der Waals surface area contributed by atoms with Crippen molar-refractivity contribution in [2.45, 2.75) is 24.2 Å². The number of rotatable bonds is 2. The summed E-state index contributed by atoms with van der Waals surface area (Å²) in [4.78, 5) is 7.63. The molecule has 1 aromatic carbocycles. The summed E-state index contributed by atoms with van der Waals surface area (Å²) >= 11 is 7.01. The fourth-order valence-electron chi connectivity index (χ4n) is 2.21. The summed E-state index contributed by atoms with van der Waals surface area (Å²) < 4.78 is 0.702. The molecule has 1 aromatic heterocycles. The molecule has 0 amide bonds. The second kappa shape index (κ2) is 4.70. The first-order chi connectivity index (χ1) is 8.31. The molecule has 0 radical (unpaired) electrons. The Morgan fingerprint density at radius 2 is 2.29 bits per heavy atom. The number of aryl methyl sites for hydroxylation is 1. The number of nitrogens with one attached hydrogen (secondary N) is 2. The van der Waals surface area contributed by atoms with Gasteiger partial charge in [-0.2, -0.15) is 0 Å². The van der Waals surface area contributed by atoms with E-state index in [0.29, 0.717) is 4.77 Å². The van der Waals surface area contributed by atoms with Crippen LogP contribution in [0.15, 0.2) is 29.3 Å². The predicted octanol–water partition coefficient (Wildman–Crippen LogP) is 3.70. The lowest BCUT2D eigenvalue weighted by atomic mass is 10.0. The Labute approximate surface area is 110 Å². The van der Waals surface area contributed by atoms with E-state index in [-0.39, 0.29) is 0 Å². The highest BCUT2D eigenvalue weighted by Gasteiger charge is 2.10. The summed E-state index contributed by atoms with van der Waals surface area (Å²) in [7, 11) is 0. The zero-order valence-electron chi connectivity index (χ0n) is 9.45. The van der Waals surface area contributed by atoms with Crippen LogP contribution in [-0.4, -0.2) is 15.7 Å². The van der Waals surface area contributed by atoms with Crippen LogP contribution in [-0.2, 0) is 12.8 Å². The van der Waals surface area contributed by atoms with Crippen molar-refractivity contribution in [3.8, 4) is 0 Å². The van der Waals surface area contributed by atoms with E-state index in [1.165, 1.54) is 34.6 Å². The summed E-state index contributed by atoms with van der Waals surface area (Å²) in [5.41, 5.74) is 4.02. The van der Waals surface area contributed by atoms with Crippen molar-refractivity contribution in [3.05, 3.63) is 46.0 Å². The minimum absolute atomic E-state index is 0.702. The molecule has 0 bridgehead atoms. The first-order valence-electron chi connectivity index (χ1n) is 5.82. The van der Waals surface area contributed by atoms with Gasteiger partial charge in [0.25, 0.3) is 0 Å². The molecule has 1 aliphatic rings. The lowest BCUT2D eigenvalue weighted by Crippen LogP contribution is -2.00. The molecule has 2 aromatic rings. The SMILES string of the molecule is S=c1[nH]cc(Cc2ccc3c(c2)CCCS3)[nH]1. The van der Waals surface area contributed by atoms with Crippen LogP contribution in [0, 0.1) is 4.77 Å². The summed E-state index contributed by atoms with van der Waals surface area (Å²) in [5, 5.41) is 0. The Kier molecular flexibility index (Phi) is 3.07. The Balaban J connectivity index is 1.86. The zero-order chi connectivity index (χ0) is 11.7. The van der Waals surface area contributed by atoms with E-state index in [4.69, 9.17) is 12.2 Å². The number of hydrogen-bond acceptors (Lipinski definition) is 2. The lowest BCUT2D eigenvalue weighted by Gasteiger charge is -2.15. The van der Waals surface area contributed by atoms with E-state index >= 15 is 0 Å². The number of aromatic nitrogens is 2. The van der Waals surface area contributed by atoms with Gasteiger partial charge in [0.15, 0.2) is 4.77 Å². The van der Waals surface area contributed by atoms with Gasteiger partial charge in [-0.3, -0.25) is 0 Å². The number of thioether (sulfide) groups is 1. The molecule has 1 aliphatic heterocycles. The van der Waals surface area contributed by atoms with E-state index < -0.39 is 0 Å². The number of hydrogen-bond donors (Lipinski definition) is 2. The van der Waals surface area contributed by atoms with Crippen molar-refractivity contribution in [2.24, 2.45) is 0 Å². The predicted molar refractivity (Wildman–Crippen MR) is 74.3 cm³/mol. The van der Waals surface area contributed by atoms with Crippen LogP contribution in [0.5, 0.6) is 0 Å². The summed E-state index contributed by atoms with van der Waals surface area (Å²) in [6.07, 6.45) is 5.40. The highest BCUT2D eigenvalue weighted by molar-refractivity contribution is 7.99. The average molecular weight is 262 g/mol. The Morgan fingerprint density at radius 1 is 1.35 bits per heavy atom. The topological polar surface area (TPSA) is 31.6 Å². The molecular formula is C13H14N2S2. The van der Waals surface area contributed by atoms with Crippen molar-refractivity contribution in [3.63, 3.8) is 0 Å². The first kappa shape index (κ1) is 11.1. The van der Waals surface area contributed by atoms with Gasteiger partial charge < -0.3 is 9.97 Å². The van der Waals surface area contributed by atoms with Gasteiger partial charge in [0.05, 0.1) is 0 Å². The molecule has 0 spiro atoms. The summed E-state index contributed by atoms with van der Waals surface area (Å²) in [6.45, 7) is 0. The monoisotopic (exact) mass is 262 g/mol. The standard InChI is InChI=1S/C13H14N2S2/c16-13-14-8-11(15-13)7-9-3-4-12-10(6-9)2-1-5-17-12/h3-4,6,8H,1-2,5,7H2,(H2,14,15,16). The van der Waals surface area contributed by atoms with E-state index in [1.54, 1.807) is 0 Å². The van der Waals surface area contributed by atoms with Gasteiger partial charge in [-0.15, -0.1) is 11.8 Å². The molecule has 4 heteroatoms. The number of H-pyrrole nitrogens is 2. The molecule has 2 nitrogen and oxygen atoms in total. The highest BCUT2D eigenvalue weighted by Crippen LogP contribution is 2.30. The third kappa shape index (κ3) is 2.48. The van der Waals surface area contributed by atoms with Gasteiger partial charge in [-0.1, -0.05) is 12.1 Å². The molecule has 3 rings (SSSR count). The smallest absolute Gasteiger partial charge is 0.174 e. The third-order valence-electron chi connectivity index (χ3n) is 3.02. The van der Waals surface area contributed by atoms with Gasteiger partial charge in [0, 0.05) is 23.2 Å². The lowest BCUT2D eigenvalue weighted by molar-refractivity contribution is 0.884. The Bertz CT molecular complexity index is 583. The molecule has 0 atom stereocenters. The minimum atomic E-state index is 0.702. The number of fused-ring (bicyclic) bond motifs is 1. The van der Waals surface area contributed by atoms with Crippen LogP contribution in [0.2, 0.25) is 0 Å². The molecule has 0 saturated carbocycles. The largest absolute Gasteiger partial charge is 0.337 e. The molecule has 0 saturated heterocycles. The highest BCUT2D eigenvalue weighted by atomic mass is 32.2. The van der Waals surface area contributed by atoms with Gasteiger partial charge in [-0.25, -0.2) is 0 Å². The average Bonchev–Trinajstić information content (AvgIpc) is 2.75. The van der Waals surface area contributed by atoms with E-state index in [0.717, 1.165) is 12.1 Å². The molecule has 88 valence electrons. The second-order valence-corrected chi connectivity index (χ2v) is 5.88. The Hall–Kier alpha value is -1.00. The molecule has 0 fully saturated rings. The van der Waals surface area contributed by atoms with Gasteiger partial charge >= 0.3 is 0 Å². The molecule has 0 aliphatic carbocycles. The van der Waals surface area contributed by atoms with Crippen LogP contribution < -0.4 is 0 Å². The maximum Gasteiger partial charge on any atom is 0.174 e. The maximum absolute atomic E-state index is 5.03. The van der Waals surface area contributed by atoms with E-state index in [9.17, 15) is 0 Å². The van der Waals surface area contributed by atoms with E-state index in [2.05, 4.69) is 28.2 Å². The zero-order valence-corrected chi connectivity index (χ0v) is 11.1. The molecular weight excluding hydrogens is 248 g/mol. The van der Waals surface area contributed by atoms with Crippen LogP contribution in [0.25, 0.3) is 0 Å². The molecule has 2 N–H and O–H groups in total. The fraction of sp³-hybridized carbons (Fsp3) is 0.308. The van der Waals surface area contributed by atoms with Crippen molar-refractivity contribution in [1.29, 1.82) is 0 Å². The first-order valence-corrected chi connectivity index (χ1v) is 7.22. The van der Waals surface area contributed by atoms with Gasteiger partial charge in [0.2, 0.25) is 0 Å². The molecule has 0 unspecified atom stereocenters. The van der Waals surface area contributed by atoms with Crippen molar-refractivity contribution in [2.75, 3.05) is 5.75 Å². The van der Waals surface area contributed by atoms with Crippen molar-refractivity contribution < 1.29 is 0 Å². The maximum atomic E-state index is 5.03. The van der Waals surface area contributed by atoms with Gasteiger partial charge in [0.1, 0.15) is 0 Å². The molecule has 17 heavy (non-hydrogen) atoms. The van der Waals surface area contributed by atoms with Crippen LogP contribution in [0.4, 0.5) is 0 Å². The quantitative estimate of drug-likeness (QED) is 0.809. The van der Waals surface area contributed by atoms with Crippen LogP contribution in [0.1, 0.15) is 23.2 Å². The third-order valence-corrected chi connectivity index (χ3v) is 4.44. The summed E-state index contributed by atoms with van der Waals surface area (Å²) in [6, 6.07) is 6.82. The van der Waals surface area contributed by atoms with Crippen molar-refractivity contribution >= 4 is 24.0 Å². The van der Waals surface area contributed by atoms with Gasteiger partial charge in [-0.05, 0) is 48.0 Å². The van der Waals surface area contributed by atoms with E-state index in [1.807, 2.05) is 18.0 Å².